The summed E-state index contributed by atoms with van der Waals surface area (Å²) in [7, 11) is 1.62. The summed E-state index contributed by atoms with van der Waals surface area (Å²) < 4.78 is 10.8. The third-order valence-electron chi connectivity index (χ3n) is 5.21. The Balaban J connectivity index is 1.52. The highest BCUT2D eigenvalue weighted by atomic mass is 16.5. The number of aryl methyl sites for hydroxylation is 1. The Morgan fingerprint density at radius 2 is 2.14 bits per heavy atom. The molecule has 0 radical (unpaired) electrons. The van der Waals surface area contributed by atoms with E-state index in [1.807, 2.05) is 48.5 Å². The van der Waals surface area contributed by atoms with Crippen LogP contribution in [0.3, 0.4) is 0 Å². The molecule has 3 aromatic rings. The first-order valence-corrected chi connectivity index (χ1v) is 9.83. The van der Waals surface area contributed by atoms with Crippen molar-refractivity contribution >= 4 is 11.7 Å². The number of ether oxygens (including phenoxy) is 1. The number of amides is 2. The summed E-state index contributed by atoms with van der Waals surface area (Å²) in [4.78, 5) is 19.3. The van der Waals surface area contributed by atoms with Crippen LogP contribution in [0, 0.1) is 0 Å². The van der Waals surface area contributed by atoms with Gasteiger partial charge in [0.25, 0.3) is 0 Å². The number of hydrogen-bond donors (Lipinski definition) is 1. The van der Waals surface area contributed by atoms with Gasteiger partial charge in [-0.2, -0.15) is 4.98 Å². The largest absolute Gasteiger partial charge is 0.497 e. The van der Waals surface area contributed by atoms with Gasteiger partial charge in [0.1, 0.15) is 11.8 Å². The number of methoxy groups -OCH3 is 1. The topological polar surface area (TPSA) is 80.5 Å². The number of carbonyl (C=O) groups is 1. The highest BCUT2D eigenvalue weighted by Crippen LogP contribution is 2.33. The zero-order chi connectivity index (χ0) is 20.2. The van der Waals surface area contributed by atoms with Crippen LogP contribution in [-0.4, -0.2) is 34.7 Å². The summed E-state index contributed by atoms with van der Waals surface area (Å²) in [6.45, 7) is 2.73. The van der Waals surface area contributed by atoms with Crippen molar-refractivity contribution < 1.29 is 14.1 Å². The van der Waals surface area contributed by atoms with Crippen molar-refractivity contribution in [3.63, 3.8) is 0 Å². The van der Waals surface area contributed by atoms with Gasteiger partial charge in [-0.1, -0.05) is 42.4 Å². The number of urea groups is 1. The van der Waals surface area contributed by atoms with Gasteiger partial charge < -0.3 is 19.5 Å². The number of rotatable bonds is 5. The second-order valence-corrected chi connectivity index (χ2v) is 6.98. The predicted octanol–water partition coefficient (Wildman–Crippen LogP) is 4.68. The van der Waals surface area contributed by atoms with Gasteiger partial charge in [0.15, 0.2) is 0 Å². The van der Waals surface area contributed by atoms with Crippen LogP contribution in [0.2, 0.25) is 0 Å². The summed E-state index contributed by atoms with van der Waals surface area (Å²) in [6.07, 6.45) is 2.54. The minimum atomic E-state index is -0.226. The molecule has 2 aromatic carbocycles. The number of aromatic nitrogens is 2. The molecule has 1 aromatic heterocycles. The Labute approximate surface area is 169 Å². The van der Waals surface area contributed by atoms with Crippen LogP contribution in [0.5, 0.6) is 5.75 Å². The molecule has 1 saturated heterocycles. The molecule has 0 aliphatic carbocycles. The van der Waals surface area contributed by atoms with Crippen LogP contribution in [-0.2, 0) is 6.42 Å². The van der Waals surface area contributed by atoms with Crippen molar-refractivity contribution in [2.75, 3.05) is 19.0 Å². The number of carbonyl (C=O) groups excluding carboxylic acids is 1. The molecule has 29 heavy (non-hydrogen) atoms. The van der Waals surface area contributed by atoms with Gasteiger partial charge in [-0.15, -0.1) is 0 Å². The lowest BCUT2D eigenvalue weighted by Gasteiger charge is -2.23. The molecule has 1 N–H and O–H groups in total. The normalized spacial score (nSPS) is 16.1. The first kappa shape index (κ1) is 19.0. The third-order valence-corrected chi connectivity index (χ3v) is 5.21. The SMILES string of the molecule is CCc1ccccc1NC(=O)N1CCC[C@H]1c1nc(-c2cccc(OC)c2)no1. The van der Waals surface area contributed by atoms with E-state index in [2.05, 4.69) is 22.4 Å². The molecule has 0 bridgehead atoms. The number of para-hydroxylation sites is 1. The van der Waals surface area contributed by atoms with Gasteiger partial charge >= 0.3 is 6.03 Å². The summed E-state index contributed by atoms with van der Waals surface area (Å²) in [5.74, 6) is 1.67. The van der Waals surface area contributed by atoms with E-state index >= 15 is 0 Å². The maximum Gasteiger partial charge on any atom is 0.322 e. The van der Waals surface area contributed by atoms with E-state index in [0.717, 1.165) is 41.8 Å². The van der Waals surface area contributed by atoms with Crippen molar-refractivity contribution in [3.8, 4) is 17.1 Å². The van der Waals surface area contributed by atoms with Crippen LogP contribution in [0.4, 0.5) is 10.5 Å². The molecule has 1 aliphatic rings. The average molecular weight is 392 g/mol. The summed E-state index contributed by atoms with van der Waals surface area (Å²) in [5, 5.41) is 7.15. The number of benzene rings is 2. The first-order valence-electron chi connectivity index (χ1n) is 9.83. The molecule has 0 unspecified atom stereocenters. The quantitative estimate of drug-likeness (QED) is 0.682. The molecule has 4 rings (SSSR count). The maximum absolute atomic E-state index is 12.9. The van der Waals surface area contributed by atoms with E-state index in [0.29, 0.717) is 18.3 Å². The zero-order valence-corrected chi connectivity index (χ0v) is 16.6. The van der Waals surface area contributed by atoms with E-state index < -0.39 is 0 Å². The fourth-order valence-corrected chi connectivity index (χ4v) is 3.65. The molecule has 0 spiro atoms. The number of anilines is 1. The maximum atomic E-state index is 12.9. The molecule has 7 nitrogen and oxygen atoms in total. The molecule has 1 aliphatic heterocycles. The Kier molecular flexibility index (Phi) is 5.46. The molecule has 7 heteroatoms. The van der Waals surface area contributed by atoms with Gasteiger partial charge in [0, 0.05) is 17.8 Å². The highest BCUT2D eigenvalue weighted by molar-refractivity contribution is 5.90. The number of nitrogens with zero attached hydrogens (tertiary/aromatic N) is 3. The van der Waals surface area contributed by atoms with Crippen molar-refractivity contribution in [2.45, 2.75) is 32.2 Å². The fraction of sp³-hybridized carbons (Fsp3) is 0.318. The van der Waals surface area contributed by atoms with Crippen LogP contribution in [0.1, 0.15) is 37.3 Å². The Bertz CT molecular complexity index is 1000. The standard InChI is InChI=1S/C22H24N4O3/c1-3-15-8-4-5-11-18(15)23-22(27)26-13-7-12-19(26)21-24-20(25-29-21)16-9-6-10-17(14-16)28-2/h4-6,8-11,14,19H,3,7,12-13H2,1-2H3,(H,23,27)/t19-/m0/s1. The number of hydrogen-bond acceptors (Lipinski definition) is 5. The fourth-order valence-electron chi connectivity index (χ4n) is 3.65. The first-order chi connectivity index (χ1) is 14.2. The average Bonchev–Trinajstić information content (AvgIpc) is 3.43. The number of likely N-dealkylation sites (tertiary alicyclic amines) is 1. The van der Waals surface area contributed by atoms with Gasteiger partial charge in [-0.05, 0) is 43.0 Å². The lowest BCUT2D eigenvalue weighted by atomic mass is 10.1. The van der Waals surface area contributed by atoms with Crippen LogP contribution < -0.4 is 10.1 Å². The van der Waals surface area contributed by atoms with Crippen molar-refractivity contribution in [2.24, 2.45) is 0 Å². The van der Waals surface area contributed by atoms with Crippen LogP contribution in [0.25, 0.3) is 11.4 Å². The lowest BCUT2D eigenvalue weighted by molar-refractivity contribution is 0.193. The summed E-state index contributed by atoms with van der Waals surface area (Å²) >= 11 is 0. The van der Waals surface area contributed by atoms with E-state index in [4.69, 9.17) is 9.26 Å². The monoisotopic (exact) mass is 392 g/mol. The van der Waals surface area contributed by atoms with Crippen LogP contribution in [0.15, 0.2) is 53.1 Å². The highest BCUT2D eigenvalue weighted by Gasteiger charge is 2.34. The minimum absolute atomic E-state index is 0.144. The molecular weight excluding hydrogens is 368 g/mol. The molecule has 150 valence electrons. The van der Waals surface area contributed by atoms with Crippen LogP contribution >= 0.6 is 0 Å². The van der Waals surface area contributed by atoms with E-state index in [1.54, 1.807) is 12.0 Å². The third kappa shape index (κ3) is 3.94. The summed E-state index contributed by atoms with van der Waals surface area (Å²) in [5.41, 5.74) is 2.76. The van der Waals surface area contributed by atoms with Crippen molar-refractivity contribution in [1.82, 2.24) is 15.0 Å². The van der Waals surface area contributed by atoms with Gasteiger partial charge in [-0.25, -0.2) is 4.79 Å². The van der Waals surface area contributed by atoms with E-state index in [9.17, 15) is 4.79 Å². The molecular formula is C22H24N4O3. The van der Waals surface area contributed by atoms with Crippen molar-refractivity contribution in [3.05, 3.63) is 60.0 Å². The Hall–Kier alpha value is -3.35. The molecule has 2 amide bonds. The van der Waals surface area contributed by atoms with Gasteiger partial charge in [-0.3, -0.25) is 0 Å². The Morgan fingerprint density at radius 3 is 2.97 bits per heavy atom. The smallest absolute Gasteiger partial charge is 0.322 e. The molecule has 2 heterocycles. The van der Waals surface area contributed by atoms with E-state index in [-0.39, 0.29) is 12.1 Å². The number of nitrogens with one attached hydrogen (secondary N) is 1. The second kappa shape index (κ2) is 8.34. The Morgan fingerprint density at radius 1 is 1.28 bits per heavy atom. The van der Waals surface area contributed by atoms with Gasteiger partial charge in [0.2, 0.25) is 11.7 Å². The van der Waals surface area contributed by atoms with Crippen molar-refractivity contribution in [1.29, 1.82) is 0 Å². The molecule has 1 atom stereocenters. The van der Waals surface area contributed by atoms with Gasteiger partial charge in [0.05, 0.1) is 7.11 Å². The molecule has 0 saturated carbocycles. The predicted molar refractivity (Wildman–Crippen MR) is 110 cm³/mol. The van der Waals surface area contributed by atoms with E-state index in [1.165, 1.54) is 0 Å². The molecule has 1 fully saturated rings. The lowest BCUT2D eigenvalue weighted by Crippen LogP contribution is -2.34. The zero-order valence-electron chi connectivity index (χ0n) is 16.6. The minimum Gasteiger partial charge on any atom is -0.497 e. The summed E-state index contributed by atoms with van der Waals surface area (Å²) in [6, 6.07) is 15.0. The second-order valence-electron chi connectivity index (χ2n) is 6.98.